The van der Waals surface area contributed by atoms with Crippen molar-refractivity contribution in [2.45, 2.75) is 26.3 Å². The Morgan fingerprint density at radius 3 is 2.88 bits per heavy atom. The molecule has 0 fully saturated rings. The average Bonchev–Trinajstić information content (AvgIpc) is 3.50. The number of nitrogens with zero attached hydrogens (tertiary/aromatic N) is 4. The molecule has 0 radical (unpaired) electrons. The number of carbonyl (C=O) groups is 1. The van der Waals surface area contributed by atoms with Gasteiger partial charge in [-0.2, -0.15) is 5.10 Å². The van der Waals surface area contributed by atoms with E-state index < -0.39 is 5.82 Å². The molecule has 1 aliphatic heterocycles. The maximum atomic E-state index is 14.5. The highest BCUT2D eigenvalue weighted by molar-refractivity contribution is 7.14. The Balaban J connectivity index is 1.46. The molecular weight excluding hydrogens is 425 g/mol. The van der Waals surface area contributed by atoms with E-state index in [-0.39, 0.29) is 5.91 Å². The van der Waals surface area contributed by atoms with Gasteiger partial charge in [0.2, 0.25) is 0 Å². The first-order chi connectivity index (χ1) is 15.6. The zero-order chi connectivity index (χ0) is 22.1. The Hall–Kier alpha value is -3.83. The summed E-state index contributed by atoms with van der Waals surface area (Å²) in [6, 6.07) is 11.9. The quantitative estimate of drug-likeness (QED) is 0.461. The Morgan fingerprint density at radius 1 is 1.16 bits per heavy atom. The molecule has 0 bridgehead atoms. The van der Waals surface area contributed by atoms with Crippen LogP contribution in [0.1, 0.15) is 35.1 Å². The third-order valence-electron chi connectivity index (χ3n) is 5.19. The number of aryl methyl sites for hydroxylation is 1. The average molecular weight is 444 g/mol. The smallest absolute Gasteiger partial charge is 0.261 e. The summed E-state index contributed by atoms with van der Waals surface area (Å²) >= 11 is 1.31. The molecule has 1 amide bonds. The van der Waals surface area contributed by atoms with Gasteiger partial charge in [-0.3, -0.25) is 14.8 Å². The van der Waals surface area contributed by atoms with Gasteiger partial charge in [-0.1, -0.05) is 24.1 Å². The third-order valence-corrected chi connectivity index (χ3v) is 5.94. The van der Waals surface area contributed by atoms with Crippen molar-refractivity contribution in [1.82, 2.24) is 19.7 Å². The van der Waals surface area contributed by atoms with Crippen LogP contribution < -0.4 is 5.32 Å². The SMILES string of the molecule is CC#Cc1cccc(-c2csc(NC(=O)c3c(-c4ccccc4F)nn4c3CCC4)n2)n1. The van der Waals surface area contributed by atoms with Crippen LogP contribution >= 0.6 is 11.3 Å². The standard InChI is InChI=1S/C24H18FN5OS/c1-2-7-15-8-5-11-18(26-15)19-14-32-24(27-19)28-23(31)21-20-12-6-13-30(20)29-22(21)16-9-3-4-10-17(16)25/h3-5,8-11,14H,6,12-13H2,1H3,(H,27,28,31). The minimum atomic E-state index is -0.406. The second kappa shape index (κ2) is 8.36. The molecule has 0 saturated carbocycles. The second-order valence-electron chi connectivity index (χ2n) is 7.25. The number of hydrogen-bond donors (Lipinski definition) is 1. The fourth-order valence-corrected chi connectivity index (χ4v) is 4.50. The molecule has 158 valence electrons. The van der Waals surface area contributed by atoms with Gasteiger partial charge in [-0.05, 0) is 50.0 Å². The molecule has 32 heavy (non-hydrogen) atoms. The number of amides is 1. The van der Waals surface area contributed by atoms with E-state index in [9.17, 15) is 9.18 Å². The zero-order valence-corrected chi connectivity index (χ0v) is 18.0. The van der Waals surface area contributed by atoms with E-state index in [4.69, 9.17) is 0 Å². The van der Waals surface area contributed by atoms with E-state index in [2.05, 4.69) is 32.2 Å². The maximum absolute atomic E-state index is 14.5. The van der Waals surface area contributed by atoms with Crippen LogP contribution in [0.3, 0.4) is 0 Å². The first-order valence-corrected chi connectivity index (χ1v) is 11.0. The van der Waals surface area contributed by atoms with Crippen LogP contribution in [0.25, 0.3) is 22.6 Å². The van der Waals surface area contributed by atoms with Gasteiger partial charge in [0.1, 0.15) is 22.9 Å². The number of nitrogens with one attached hydrogen (secondary N) is 1. The zero-order valence-electron chi connectivity index (χ0n) is 17.2. The lowest BCUT2D eigenvalue weighted by atomic mass is 10.0. The van der Waals surface area contributed by atoms with Gasteiger partial charge in [-0.25, -0.2) is 14.4 Å². The first-order valence-electron chi connectivity index (χ1n) is 10.2. The molecule has 8 heteroatoms. The lowest BCUT2D eigenvalue weighted by molar-refractivity contribution is 0.102. The van der Waals surface area contributed by atoms with E-state index in [1.54, 1.807) is 29.8 Å². The van der Waals surface area contributed by atoms with Crippen molar-refractivity contribution in [3.63, 3.8) is 0 Å². The van der Waals surface area contributed by atoms with Gasteiger partial charge in [0.05, 0.1) is 17.0 Å². The molecule has 0 atom stereocenters. The van der Waals surface area contributed by atoms with Crippen molar-refractivity contribution in [3.8, 4) is 34.5 Å². The van der Waals surface area contributed by atoms with Crippen molar-refractivity contribution >= 4 is 22.4 Å². The van der Waals surface area contributed by atoms with Gasteiger partial charge in [-0.15, -0.1) is 11.3 Å². The largest absolute Gasteiger partial charge is 0.298 e. The van der Waals surface area contributed by atoms with Crippen LogP contribution in [0.4, 0.5) is 9.52 Å². The van der Waals surface area contributed by atoms with E-state index in [1.165, 1.54) is 17.4 Å². The van der Waals surface area contributed by atoms with Gasteiger partial charge in [0.15, 0.2) is 5.13 Å². The number of carbonyl (C=O) groups excluding carboxylic acids is 1. The number of hydrogen-bond acceptors (Lipinski definition) is 5. The Morgan fingerprint density at radius 2 is 2.03 bits per heavy atom. The monoisotopic (exact) mass is 443 g/mol. The van der Waals surface area contributed by atoms with E-state index >= 15 is 0 Å². The second-order valence-corrected chi connectivity index (χ2v) is 8.11. The van der Waals surface area contributed by atoms with Crippen LogP contribution in [-0.2, 0) is 13.0 Å². The van der Waals surface area contributed by atoms with Crippen LogP contribution in [0.5, 0.6) is 0 Å². The number of aromatic nitrogens is 4. The molecule has 1 aliphatic rings. The number of rotatable bonds is 4. The lowest BCUT2D eigenvalue weighted by Crippen LogP contribution is -2.14. The van der Waals surface area contributed by atoms with Crippen molar-refractivity contribution in [2.24, 2.45) is 0 Å². The van der Waals surface area contributed by atoms with Crippen LogP contribution in [0, 0.1) is 17.7 Å². The molecule has 0 saturated heterocycles. The lowest BCUT2D eigenvalue weighted by Gasteiger charge is -2.06. The molecule has 6 nitrogen and oxygen atoms in total. The molecule has 1 aromatic carbocycles. The topological polar surface area (TPSA) is 72.7 Å². The Labute approximate surface area is 188 Å². The number of benzene rings is 1. The molecule has 0 spiro atoms. The molecular formula is C24H18FN5OS. The predicted molar refractivity (Wildman–Crippen MR) is 122 cm³/mol. The normalized spacial score (nSPS) is 12.2. The summed E-state index contributed by atoms with van der Waals surface area (Å²) in [6.07, 6.45) is 1.63. The van der Waals surface area contributed by atoms with Crippen molar-refractivity contribution in [2.75, 3.05) is 5.32 Å². The molecule has 5 rings (SSSR count). The molecule has 0 aliphatic carbocycles. The highest BCUT2D eigenvalue weighted by Gasteiger charge is 2.29. The van der Waals surface area contributed by atoms with E-state index in [1.807, 2.05) is 23.6 Å². The van der Waals surface area contributed by atoms with Crippen LogP contribution in [0.2, 0.25) is 0 Å². The van der Waals surface area contributed by atoms with Crippen molar-refractivity contribution in [3.05, 3.63) is 70.6 Å². The maximum Gasteiger partial charge on any atom is 0.261 e. The number of fused-ring (bicyclic) bond motifs is 1. The minimum absolute atomic E-state index is 0.317. The predicted octanol–water partition coefficient (Wildman–Crippen LogP) is 4.78. The van der Waals surface area contributed by atoms with Gasteiger partial charge in [0.25, 0.3) is 5.91 Å². The van der Waals surface area contributed by atoms with Crippen molar-refractivity contribution < 1.29 is 9.18 Å². The molecule has 0 unspecified atom stereocenters. The van der Waals surface area contributed by atoms with Gasteiger partial charge in [0, 0.05) is 17.5 Å². The van der Waals surface area contributed by atoms with Gasteiger partial charge < -0.3 is 0 Å². The van der Waals surface area contributed by atoms with Crippen molar-refractivity contribution in [1.29, 1.82) is 0 Å². The summed E-state index contributed by atoms with van der Waals surface area (Å²) in [5.74, 6) is 5.01. The van der Waals surface area contributed by atoms with Gasteiger partial charge >= 0.3 is 0 Å². The first kappa shape index (κ1) is 20.1. The number of anilines is 1. The fourth-order valence-electron chi connectivity index (χ4n) is 3.80. The van der Waals surface area contributed by atoms with E-state index in [0.717, 1.165) is 18.5 Å². The summed E-state index contributed by atoms with van der Waals surface area (Å²) in [5, 5.41) is 9.69. The number of pyridine rings is 1. The van der Waals surface area contributed by atoms with Crippen LogP contribution in [0.15, 0.2) is 47.8 Å². The minimum Gasteiger partial charge on any atom is -0.298 e. The highest BCUT2D eigenvalue weighted by atomic mass is 32.1. The third kappa shape index (κ3) is 3.67. The highest BCUT2D eigenvalue weighted by Crippen LogP contribution is 2.32. The number of halogens is 1. The summed E-state index contributed by atoms with van der Waals surface area (Å²) in [5.41, 5.74) is 3.90. The van der Waals surface area contributed by atoms with Crippen LogP contribution in [-0.4, -0.2) is 25.7 Å². The molecule has 3 aromatic heterocycles. The summed E-state index contributed by atoms with van der Waals surface area (Å²) < 4.78 is 16.3. The molecule has 4 aromatic rings. The van der Waals surface area contributed by atoms with E-state index in [0.29, 0.717) is 45.6 Å². The summed E-state index contributed by atoms with van der Waals surface area (Å²) in [7, 11) is 0. The summed E-state index contributed by atoms with van der Waals surface area (Å²) in [4.78, 5) is 22.3. The Bertz CT molecular complexity index is 1390. The Kier molecular flexibility index (Phi) is 5.25. The molecule has 4 heterocycles. The number of thiazole rings is 1. The fraction of sp³-hybridized carbons (Fsp3) is 0.167. The molecule has 1 N–H and O–H groups in total. The summed E-state index contributed by atoms with van der Waals surface area (Å²) in [6.45, 7) is 2.47.